The van der Waals surface area contributed by atoms with Crippen molar-refractivity contribution in [2.75, 3.05) is 0 Å². The number of benzene rings is 1. The molecule has 0 atom stereocenters. The molecular formula is C14H14O3S. The lowest BCUT2D eigenvalue weighted by atomic mass is 10.1. The molecule has 0 radical (unpaired) electrons. The Morgan fingerprint density at radius 1 is 1.28 bits per heavy atom. The Morgan fingerprint density at radius 2 is 2.06 bits per heavy atom. The first kappa shape index (κ1) is 12.6. The number of hydrogen-bond acceptors (Lipinski definition) is 3. The van der Waals surface area contributed by atoms with Crippen molar-refractivity contribution in [3.63, 3.8) is 0 Å². The number of ether oxygens (including phenoxy) is 1. The first-order valence-electron chi connectivity index (χ1n) is 5.59. The van der Waals surface area contributed by atoms with Crippen LogP contribution in [-0.4, -0.2) is 11.1 Å². The highest BCUT2D eigenvalue weighted by molar-refractivity contribution is 7.13. The Labute approximate surface area is 110 Å². The quantitative estimate of drug-likeness (QED) is 0.915. The largest absolute Gasteiger partial charge is 0.488 e. The van der Waals surface area contributed by atoms with Gasteiger partial charge in [-0.3, -0.25) is 0 Å². The monoisotopic (exact) mass is 262 g/mol. The number of aryl methyl sites for hydroxylation is 1. The van der Waals surface area contributed by atoms with Gasteiger partial charge in [-0.1, -0.05) is 12.1 Å². The van der Waals surface area contributed by atoms with Gasteiger partial charge in [0.1, 0.15) is 17.2 Å². The van der Waals surface area contributed by atoms with Gasteiger partial charge < -0.3 is 9.84 Å². The maximum atomic E-state index is 10.8. The summed E-state index contributed by atoms with van der Waals surface area (Å²) in [6.07, 6.45) is 0. The Morgan fingerprint density at radius 3 is 2.72 bits per heavy atom. The standard InChI is InChI=1S/C14H14O3S/c1-9-4-3-5-12(10(9)2)17-8-11-6-7-13(18-11)14(15)16/h3-7H,8H2,1-2H3,(H,15,16). The fourth-order valence-corrected chi connectivity index (χ4v) is 2.36. The van der Waals surface area contributed by atoms with Gasteiger partial charge in [0.25, 0.3) is 0 Å². The molecule has 0 aliphatic rings. The number of thiophene rings is 1. The van der Waals surface area contributed by atoms with E-state index in [9.17, 15) is 4.79 Å². The number of rotatable bonds is 4. The predicted molar refractivity (Wildman–Crippen MR) is 71.5 cm³/mol. The molecule has 94 valence electrons. The van der Waals surface area contributed by atoms with Crippen molar-refractivity contribution in [2.45, 2.75) is 20.5 Å². The lowest BCUT2D eigenvalue weighted by molar-refractivity contribution is 0.0702. The van der Waals surface area contributed by atoms with Crippen LogP contribution in [-0.2, 0) is 6.61 Å². The van der Waals surface area contributed by atoms with Gasteiger partial charge in [0.05, 0.1) is 0 Å². The summed E-state index contributed by atoms with van der Waals surface area (Å²) in [7, 11) is 0. The molecule has 1 N–H and O–H groups in total. The van der Waals surface area contributed by atoms with E-state index in [1.807, 2.05) is 32.0 Å². The Balaban J connectivity index is 2.07. The zero-order valence-electron chi connectivity index (χ0n) is 10.3. The molecule has 0 aliphatic carbocycles. The summed E-state index contributed by atoms with van der Waals surface area (Å²) in [6.45, 7) is 4.46. The van der Waals surface area contributed by atoms with Crippen LogP contribution in [0, 0.1) is 13.8 Å². The second-order valence-corrected chi connectivity index (χ2v) is 5.23. The molecule has 0 saturated carbocycles. The minimum absolute atomic E-state index is 0.342. The van der Waals surface area contributed by atoms with Crippen LogP contribution in [0.1, 0.15) is 25.7 Å². The summed E-state index contributed by atoms with van der Waals surface area (Å²) >= 11 is 1.25. The van der Waals surface area contributed by atoms with E-state index < -0.39 is 5.97 Å². The minimum atomic E-state index is -0.891. The van der Waals surface area contributed by atoms with Crippen LogP contribution < -0.4 is 4.74 Å². The Hall–Kier alpha value is -1.81. The summed E-state index contributed by atoms with van der Waals surface area (Å²) in [5.41, 5.74) is 2.30. The first-order valence-corrected chi connectivity index (χ1v) is 6.40. The average molecular weight is 262 g/mol. The zero-order valence-corrected chi connectivity index (χ0v) is 11.1. The molecule has 2 rings (SSSR count). The molecule has 1 aromatic heterocycles. The van der Waals surface area contributed by atoms with Gasteiger partial charge in [0, 0.05) is 4.88 Å². The van der Waals surface area contributed by atoms with Crippen molar-refractivity contribution >= 4 is 17.3 Å². The van der Waals surface area contributed by atoms with Crippen LogP contribution in [0.15, 0.2) is 30.3 Å². The second kappa shape index (κ2) is 5.23. The molecule has 18 heavy (non-hydrogen) atoms. The fraction of sp³-hybridized carbons (Fsp3) is 0.214. The van der Waals surface area contributed by atoms with E-state index in [1.165, 1.54) is 16.9 Å². The van der Waals surface area contributed by atoms with Crippen molar-refractivity contribution < 1.29 is 14.6 Å². The molecule has 0 unspecified atom stereocenters. The maximum absolute atomic E-state index is 10.8. The number of carbonyl (C=O) groups is 1. The van der Waals surface area contributed by atoms with Crippen LogP contribution in [0.2, 0.25) is 0 Å². The fourth-order valence-electron chi connectivity index (χ4n) is 1.60. The smallest absolute Gasteiger partial charge is 0.345 e. The van der Waals surface area contributed by atoms with E-state index in [2.05, 4.69) is 0 Å². The first-order chi connectivity index (χ1) is 8.58. The van der Waals surface area contributed by atoms with E-state index in [1.54, 1.807) is 12.1 Å². The SMILES string of the molecule is Cc1cccc(OCc2ccc(C(=O)O)s2)c1C. The predicted octanol–water partition coefficient (Wildman–Crippen LogP) is 3.64. The highest BCUT2D eigenvalue weighted by Gasteiger charge is 2.08. The van der Waals surface area contributed by atoms with Gasteiger partial charge in [-0.25, -0.2) is 4.79 Å². The molecule has 0 spiro atoms. The summed E-state index contributed by atoms with van der Waals surface area (Å²) in [4.78, 5) is 12.0. The van der Waals surface area contributed by atoms with Crippen molar-refractivity contribution in [1.82, 2.24) is 0 Å². The van der Waals surface area contributed by atoms with Gasteiger partial charge >= 0.3 is 5.97 Å². The highest BCUT2D eigenvalue weighted by Crippen LogP contribution is 2.23. The van der Waals surface area contributed by atoms with Gasteiger partial charge in [-0.2, -0.15) is 0 Å². The minimum Gasteiger partial charge on any atom is -0.488 e. The molecule has 0 amide bonds. The van der Waals surface area contributed by atoms with E-state index in [0.29, 0.717) is 11.5 Å². The van der Waals surface area contributed by atoms with Crippen molar-refractivity contribution in [3.8, 4) is 5.75 Å². The highest BCUT2D eigenvalue weighted by atomic mass is 32.1. The number of aromatic carboxylic acids is 1. The molecule has 0 fully saturated rings. The molecule has 0 bridgehead atoms. The van der Waals surface area contributed by atoms with E-state index in [4.69, 9.17) is 9.84 Å². The molecule has 2 aromatic rings. The van der Waals surface area contributed by atoms with E-state index in [-0.39, 0.29) is 0 Å². The molecule has 4 heteroatoms. The lowest BCUT2D eigenvalue weighted by Crippen LogP contribution is -1.96. The molecular weight excluding hydrogens is 248 g/mol. The summed E-state index contributed by atoms with van der Waals surface area (Å²) in [5.74, 6) is -0.0433. The number of hydrogen-bond donors (Lipinski definition) is 1. The average Bonchev–Trinajstić information content (AvgIpc) is 2.80. The van der Waals surface area contributed by atoms with Crippen molar-refractivity contribution in [1.29, 1.82) is 0 Å². The number of carboxylic acids is 1. The lowest BCUT2D eigenvalue weighted by Gasteiger charge is -2.09. The van der Waals surface area contributed by atoms with Crippen LogP contribution in [0.4, 0.5) is 0 Å². The maximum Gasteiger partial charge on any atom is 0.345 e. The summed E-state index contributed by atoms with van der Waals surface area (Å²) in [6, 6.07) is 9.31. The van der Waals surface area contributed by atoms with Crippen LogP contribution in [0.25, 0.3) is 0 Å². The van der Waals surface area contributed by atoms with Crippen molar-refractivity contribution in [3.05, 3.63) is 51.2 Å². The number of carboxylic acid groups (broad SMARTS) is 1. The van der Waals surface area contributed by atoms with Gasteiger partial charge in [-0.15, -0.1) is 11.3 Å². The Bertz CT molecular complexity index is 572. The normalized spacial score (nSPS) is 10.3. The van der Waals surface area contributed by atoms with Gasteiger partial charge in [0.15, 0.2) is 0 Å². The van der Waals surface area contributed by atoms with Crippen molar-refractivity contribution in [2.24, 2.45) is 0 Å². The summed E-state index contributed by atoms with van der Waals surface area (Å²) in [5, 5.41) is 8.83. The third-order valence-electron chi connectivity index (χ3n) is 2.80. The van der Waals surface area contributed by atoms with Crippen LogP contribution in [0.5, 0.6) is 5.75 Å². The Kier molecular flexibility index (Phi) is 3.67. The van der Waals surface area contributed by atoms with E-state index >= 15 is 0 Å². The van der Waals surface area contributed by atoms with Crippen LogP contribution >= 0.6 is 11.3 Å². The van der Waals surface area contributed by atoms with Gasteiger partial charge in [-0.05, 0) is 43.2 Å². The second-order valence-electron chi connectivity index (χ2n) is 4.06. The third kappa shape index (κ3) is 2.71. The zero-order chi connectivity index (χ0) is 13.1. The third-order valence-corrected chi connectivity index (χ3v) is 3.84. The molecule has 1 heterocycles. The van der Waals surface area contributed by atoms with Gasteiger partial charge in [0.2, 0.25) is 0 Å². The van der Waals surface area contributed by atoms with Crippen LogP contribution in [0.3, 0.4) is 0 Å². The van der Waals surface area contributed by atoms with E-state index in [0.717, 1.165) is 16.2 Å². The molecule has 3 nitrogen and oxygen atoms in total. The molecule has 1 aromatic carbocycles. The summed E-state index contributed by atoms with van der Waals surface area (Å²) < 4.78 is 5.71. The topological polar surface area (TPSA) is 46.5 Å². The molecule has 0 saturated heterocycles. The molecule has 0 aliphatic heterocycles.